The molecule has 24 heavy (non-hydrogen) atoms. The van der Waals surface area contributed by atoms with Crippen LogP contribution in [0.25, 0.3) is 22.2 Å². The van der Waals surface area contributed by atoms with E-state index in [-0.39, 0.29) is 5.75 Å². The van der Waals surface area contributed by atoms with Gasteiger partial charge in [-0.1, -0.05) is 6.07 Å². The van der Waals surface area contributed by atoms with Gasteiger partial charge in [0.15, 0.2) is 0 Å². The van der Waals surface area contributed by atoms with Crippen LogP contribution in [-0.4, -0.2) is 32.0 Å². The minimum Gasteiger partial charge on any atom is -0.481 e. The van der Waals surface area contributed by atoms with Gasteiger partial charge in [0.25, 0.3) is 0 Å². The highest BCUT2D eigenvalue weighted by Crippen LogP contribution is 2.36. The Morgan fingerprint density at radius 1 is 1.29 bits per heavy atom. The summed E-state index contributed by atoms with van der Waals surface area (Å²) in [6.07, 6.45) is -1.45. The number of H-pyrrole nitrogens is 1. The van der Waals surface area contributed by atoms with Crippen LogP contribution in [0.15, 0.2) is 41.6 Å². The molecule has 3 aromatic rings. The van der Waals surface area contributed by atoms with Crippen molar-refractivity contribution in [3.05, 3.63) is 42.2 Å². The number of thioether (sulfide) groups is 1. The van der Waals surface area contributed by atoms with Crippen molar-refractivity contribution < 1.29 is 23.1 Å². The molecule has 9 heteroatoms. The highest BCUT2D eigenvalue weighted by Gasteiger charge is 2.30. The maximum atomic E-state index is 12.8. The Labute approximate surface area is 137 Å². The van der Waals surface area contributed by atoms with Gasteiger partial charge >= 0.3 is 12.1 Å². The predicted molar refractivity (Wildman–Crippen MR) is 82.7 cm³/mol. The third-order valence-corrected chi connectivity index (χ3v) is 4.33. The number of hydrogen-bond donors (Lipinski definition) is 2. The van der Waals surface area contributed by atoms with E-state index in [1.165, 1.54) is 12.3 Å². The molecule has 3 rings (SSSR count). The minimum absolute atomic E-state index is 0.154. The molecule has 0 saturated carbocycles. The van der Waals surface area contributed by atoms with E-state index in [2.05, 4.69) is 15.2 Å². The van der Waals surface area contributed by atoms with Crippen molar-refractivity contribution in [1.29, 1.82) is 0 Å². The van der Waals surface area contributed by atoms with Crippen LogP contribution in [-0.2, 0) is 11.0 Å². The molecule has 0 aliphatic rings. The zero-order chi connectivity index (χ0) is 17.3. The van der Waals surface area contributed by atoms with Crippen LogP contribution >= 0.6 is 11.8 Å². The molecule has 0 amide bonds. The molecule has 124 valence electrons. The predicted octanol–water partition coefficient (Wildman–Crippen LogP) is 3.82. The zero-order valence-corrected chi connectivity index (χ0v) is 12.8. The van der Waals surface area contributed by atoms with Crippen molar-refractivity contribution >= 4 is 28.6 Å². The molecule has 0 fully saturated rings. The van der Waals surface area contributed by atoms with Gasteiger partial charge in [0.2, 0.25) is 0 Å². The van der Waals surface area contributed by atoms with Crippen LogP contribution in [0.1, 0.15) is 5.56 Å². The molecule has 0 radical (unpaired) electrons. The molecule has 0 aliphatic heterocycles. The number of aromatic amines is 1. The van der Waals surface area contributed by atoms with Gasteiger partial charge in [-0.2, -0.15) is 18.3 Å². The lowest BCUT2D eigenvalue weighted by molar-refractivity contribution is -0.137. The van der Waals surface area contributed by atoms with Crippen molar-refractivity contribution in [2.45, 2.75) is 11.1 Å². The maximum absolute atomic E-state index is 12.8. The lowest BCUT2D eigenvalue weighted by atomic mass is 10.1. The minimum atomic E-state index is -4.42. The lowest BCUT2D eigenvalue weighted by Crippen LogP contribution is -2.04. The molecule has 0 bridgehead atoms. The Kier molecular flexibility index (Phi) is 4.18. The number of fused-ring (bicyclic) bond motifs is 1. The molecule has 2 N–H and O–H groups in total. The number of nitrogens with zero attached hydrogens (tertiary/aromatic N) is 2. The molecule has 1 aromatic carbocycles. The summed E-state index contributed by atoms with van der Waals surface area (Å²) < 4.78 is 38.4. The Bertz CT molecular complexity index is 908. The first-order valence-corrected chi connectivity index (χ1v) is 7.70. The van der Waals surface area contributed by atoms with Gasteiger partial charge in [0, 0.05) is 27.6 Å². The van der Waals surface area contributed by atoms with Crippen LogP contribution in [0.5, 0.6) is 0 Å². The number of aromatic nitrogens is 3. The Morgan fingerprint density at radius 3 is 2.79 bits per heavy atom. The summed E-state index contributed by atoms with van der Waals surface area (Å²) in [6, 6.07) is 5.02. The van der Waals surface area contributed by atoms with Crippen molar-refractivity contribution in [3.8, 4) is 11.3 Å². The smallest absolute Gasteiger partial charge is 0.416 e. The first-order valence-electron chi connectivity index (χ1n) is 6.71. The topological polar surface area (TPSA) is 78.9 Å². The first kappa shape index (κ1) is 16.3. The van der Waals surface area contributed by atoms with Crippen LogP contribution in [0.4, 0.5) is 13.2 Å². The highest BCUT2D eigenvalue weighted by atomic mass is 32.2. The van der Waals surface area contributed by atoms with Crippen LogP contribution in [0.2, 0.25) is 0 Å². The fourth-order valence-electron chi connectivity index (χ4n) is 2.26. The first-order chi connectivity index (χ1) is 11.4. The summed E-state index contributed by atoms with van der Waals surface area (Å²) in [5.74, 6) is -1.13. The fraction of sp³-hybridized carbons (Fsp3) is 0.133. The number of halogens is 3. The van der Waals surface area contributed by atoms with E-state index >= 15 is 0 Å². The number of carboxylic acids is 1. The number of benzene rings is 1. The molecule has 0 unspecified atom stereocenters. The SMILES string of the molecule is O=C(O)CSc1ccnnc1-c1c[nH]c2cc(C(F)(F)F)ccc12. The fourth-order valence-corrected chi connectivity index (χ4v) is 2.98. The number of aliphatic carboxylic acids is 1. The average molecular weight is 353 g/mol. The van der Waals surface area contributed by atoms with Gasteiger partial charge in [-0.05, 0) is 18.2 Å². The number of alkyl halides is 3. The second-order valence-electron chi connectivity index (χ2n) is 4.89. The van der Waals surface area contributed by atoms with E-state index in [0.29, 0.717) is 27.1 Å². The van der Waals surface area contributed by atoms with Gasteiger partial charge in [-0.15, -0.1) is 16.9 Å². The summed E-state index contributed by atoms with van der Waals surface area (Å²) in [6.45, 7) is 0. The van der Waals surface area contributed by atoms with Crippen molar-refractivity contribution in [2.75, 3.05) is 5.75 Å². The third-order valence-electron chi connectivity index (χ3n) is 3.30. The van der Waals surface area contributed by atoms with Gasteiger partial charge in [-0.3, -0.25) is 4.79 Å². The molecular weight excluding hydrogens is 343 g/mol. The summed E-state index contributed by atoms with van der Waals surface area (Å²) in [7, 11) is 0. The van der Waals surface area contributed by atoms with Crippen molar-refractivity contribution in [1.82, 2.24) is 15.2 Å². The number of nitrogens with one attached hydrogen (secondary N) is 1. The summed E-state index contributed by atoms with van der Waals surface area (Å²) in [5, 5.41) is 17.2. The number of carbonyl (C=O) groups is 1. The normalized spacial score (nSPS) is 11.8. The van der Waals surface area contributed by atoms with E-state index in [1.54, 1.807) is 12.3 Å². The molecule has 2 heterocycles. The summed E-state index contributed by atoms with van der Waals surface area (Å²) in [5.41, 5.74) is 0.567. The van der Waals surface area contributed by atoms with E-state index in [9.17, 15) is 18.0 Å². The number of carboxylic acid groups (broad SMARTS) is 1. The zero-order valence-electron chi connectivity index (χ0n) is 12.0. The summed E-state index contributed by atoms with van der Waals surface area (Å²) >= 11 is 1.07. The molecule has 0 aliphatic carbocycles. The van der Waals surface area contributed by atoms with Gasteiger partial charge in [-0.25, -0.2) is 0 Å². The Hall–Kier alpha value is -2.55. The Balaban J connectivity index is 2.06. The van der Waals surface area contributed by atoms with Crippen molar-refractivity contribution in [2.24, 2.45) is 0 Å². The van der Waals surface area contributed by atoms with Gasteiger partial charge in [0.1, 0.15) is 5.69 Å². The van der Waals surface area contributed by atoms with E-state index in [1.807, 2.05) is 0 Å². The maximum Gasteiger partial charge on any atom is 0.416 e. The average Bonchev–Trinajstić information content (AvgIpc) is 2.95. The molecule has 0 spiro atoms. The number of hydrogen-bond acceptors (Lipinski definition) is 4. The highest BCUT2D eigenvalue weighted by molar-refractivity contribution is 8.00. The second kappa shape index (κ2) is 6.16. The molecule has 0 atom stereocenters. The third kappa shape index (κ3) is 3.21. The van der Waals surface area contributed by atoms with Gasteiger partial charge in [0.05, 0.1) is 17.5 Å². The summed E-state index contributed by atoms with van der Waals surface area (Å²) in [4.78, 5) is 14.1. The molecular formula is C15H10F3N3O2S. The molecule has 5 nitrogen and oxygen atoms in total. The van der Waals surface area contributed by atoms with Gasteiger partial charge < -0.3 is 10.1 Å². The lowest BCUT2D eigenvalue weighted by Gasteiger charge is -2.07. The van der Waals surface area contributed by atoms with Crippen LogP contribution < -0.4 is 0 Å². The molecule has 2 aromatic heterocycles. The largest absolute Gasteiger partial charge is 0.481 e. The number of rotatable bonds is 4. The molecule has 0 saturated heterocycles. The van der Waals surface area contributed by atoms with Crippen LogP contribution in [0.3, 0.4) is 0 Å². The standard InChI is InChI=1S/C15H10F3N3O2S/c16-15(17,18)8-1-2-9-10(6-19-11(9)5-8)14-12(3-4-20-21-14)24-7-13(22)23/h1-6,19H,7H2,(H,22,23). The van der Waals surface area contributed by atoms with E-state index < -0.39 is 17.7 Å². The monoisotopic (exact) mass is 353 g/mol. The Morgan fingerprint density at radius 2 is 2.08 bits per heavy atom. The van der Waals surface area contributed by atoms with Crippen molar-refractivity contribution in [3.63, 3.8) is 0 Å². The van der Waals surface area contributed by atoms with E-state index in [0.717, 1.165) is 23.9 Å². The van der Waals surface area contributed by atoms with Crippen LogP contribution in [0, 0.1) is 0 Å². The quantitative estimate of drug-likeness (QED) is 0.697. The second-order valence-corrected chi connectivity index (χ2v) is 5.90. The van der Waals surface area contributed by atoms with E-state index in [4.69, 9.17) is 5.11 Å².